The largest absolute Gasteiger partial charge is 0.383 e. The smallest absolute Gasteiger partial charge is 0.164 e. The number of nitrogen functional groups attached to an aromatic ring is 1. The van der Waals surface area contributed by atoms with Crippen LogP contribution < -0.4 is 5.73 Å². The van der Waals surface area contributed by atoms with Gasteiger partial charge in [-0.3, -0.25) is 0 Å². The fraction of sp³-hybridized carbons (Fsp3) is 0.400. The Morgan fingerprint density at radius 3 is 2.70 bits per heavy atom. The third kappa shape index (κ3) is 2.96. The molecule has 27 heavy (non-hydrogen) atoms. The normalized spacial score (nSPS) is 13.5. The Morgan fingerprint density at radius 1 is 1.22 bits per heavy atom. The van der Waals surface area contributed by atoms with Crippen molar-refractivity contribution in [2.75, 3.05) is 5.73 Å². The van der Waals surface area contributed by atoms with Crippen LogP contribution in [0.1, 0.15) is 52.0 Å². The van der Waals surface area contributed by atoms with Crippen molar-refractivity contribution in [1.29, 1.82) is 0 Å². The first-order chi connectivity index (χ1) is 12.8. The molecule has 0 saturated carbocycles. The van der Waals surface area contributed by atoms with E-state index in [9.17, 15) is 0 Å². The summed E-state index contributed by atoms with van der Waals surface area (Å²) in [6.45, 7) is 10.7. The average molecular weight is 381 g/mol. The van der Waals surface area contributed by atoms with Gasteiger partial charge in [0.05, 0.1) is 26.1 Å². The Bertz CT molecular complexity index is 1130. The standard InChI is InChI=1S/C20H24N6S/c1-6-11(2)19-24-13-9-12(7-8-14(13)27-19)16-15-17(21)22-10-23-18(15)26(25-16)20(3,4)5/h7-11H,6H2,1-5H3,(H2,21,22,23)/t11-/m1/s1. The Balaban J connectivity index is 1.94. The highest BCUT2D eigenvalue weighted by atomic mass is 32.1. The summed E-state index contributed by atoms with van der Waals surface area (Å²) in [5.41, 5.74) is 9.53. The summed E-state index contributed by atoms with van der Waals surface area (Å²) in [5.74, 6) is 0.917. The number of anilines is 1. The molecule has 0 aliphatic rings. The maximum Gasteiger partial charge on any atom is 0.164 e. The summed E-state index contributed by atoms with van der Waals surface area (Å²) in [6.07, 6.45) is 2.58. The molecule has 1 aromatic carbocycles. The van der Waals surface area contributed by atoms with E-state index in [1.54, 1.807) is 11.3 Å². The quantitative estimate of drug-likeness (QED) is 0.543. The van der Waals surface area contributed by atoms with Gasteiger partial charge in [-0.15, -0.1) is 11.3 Å². The second kappa shape index (κ2) is 6.27. The lowest BCUT2D eigenvalue weighted by molar-refractivity contribution is 0.367. The summed E-state index contributed by atoms with van der Waals surface area (Å²) >= 11 is 1.76. The van der Waals surface area contributed by atoms with Crippen LogP contribution in [-0.4, -0.2) is 24.7 Å². The molecule has 4 aromatic rings. The molecule has 7 heteroatoms. The number of nitrogens with two attached hydrogens (primary N) is 1. The molecule has 140 valence electrons. The Morgan fingerprint density at radius 2 is 2.00 bits per heavy atom. The second-order valence-corrected chi connectivity index (χ2v) is 8.99. The van der Waals surface area contributed by atoms with Crippen molar-refractivity contribution >= 4 is 38.4 Å². The SMILES string of the molecule is CC[C@@H](C)c1nc2cc(-c3nn(C(C)(C)C)c4ncnc(N)c34)ccc2s1. The van der Waals surface area contributed by atoms with Gasteiger partial charge in [0, 0.05) is 11.5 Å². The Labute approximate surface area is 162 Å². The zero-order chi connectivity index (χ0) is 19.3. The third-order valence-corrected chi connectivity index (χ3v) is 6.11. The van der Waals surface area contributed by atoms with Gasteiger partial charge in [0.2, 0.25) is 0 Å². The Hall–Kier alpha value is -2.54. The molecule has 0 radical (unpaired) electrons. The second-order valence-electron chi connectivity index (χ2n) is 7.93. The van der Waals surface area contributed by atoms with Gasteiger partial charge >= 0.3 is 0 Å². The van der Waals surface area contributed by atoms with Gasteiger partial charge < -0.3 is 5.73 Å². The zero-order valence-corrected chi connectivity index (χ0v) is 17.1. The van der Waals surface area contributed by atoms with E-state index in [1.165, 1.54) is 16.0 Å². The minimum Gasteiger partial charge on any atom is -0.383 e. The van der Waals surface area contributed by atoms with Crippen LogP contribution in [0.25, 0.3) is 32.5 Å². The first kappa shape index (κ1) is 17.9. The van der Waals surface area contributed by atoms with Gasteiger partial charge in [-0.05, 0) is 39.3 Å². The van der Waals surface area contributed by atoms with Crippen LogP contribution in [0, 0.1) is 0 Å². The van der Waals surface area contributed by atoms with Crippen molar-refractivity contribution < 1.29 is 0 Å². The fourth-order valence-corrected chi connectivity index (χ4v) is 4.20. The third-order valence-electron chi connectivity index (χ3n) is 4.84. The number of hydrogen-bond acceptors (Lipinski definition) is 6. The first-order valence-electron chi connectivity index (χ1n) is 9.20. The van der Waals surface area contributed by atoms with E-state index >= 15 is 0 Å². The van der Waals surface area contributed by atoms with E-state index in [4.69, 9.17) is 15.8 Å². The van der Waals surface area contributed by atoms with Crippen LogP contribution in [0.2, 0.25) is 0 Å². The average Bonchev–Trinajstić information content (AvgIpc) is 3.22. The number of rotatable bonds is 3. The molecule has 4 rings (SSSR count). The van der Waals surface area contributed by atoms with Gasteiger partial charge in [-0.2, -0.15) is 5.10 Å². The molecular weight excluding hydrogens is 356 g/mol. The van der Waals surface area contributed by atoms with Crippen molar-refractivity contribution in [1.82, 2.24) is 24.7 Å². The first-order valence-corrected chi connectivity index (χ1v) is 10.0. The minimum atomic E-state index is -0.217. The minimum absolute atomic E-state index is 0.217. The van der Waals surface area contributed by atoms with E-state index < -0.39 is 0 Å². The van der Waals surface area contributed by atoms with Gasteiger partial charge in [0.1, 0.15) is 17.8 Å². The number of hydrogen-bond donors (Lipinski definition) is 1. The molecule has 3 heterocycles. The van der Waals surface area contributed by atoms with Crippen LogP contribution in [0.5, 0.6) is 0 Å². The molecule has 0 spiro atoms. The molecule has 2 N–H and O–H groups in total. The summed E-state index contributed by atoms with van der Waals surface area (Å²) in [4.78, 5) is 13.5. The summed E-state index contributed by atoms with van der Waals surface area (Å²) in [7, 11) is 0. The lowest BCUT2D eigenvalue weighted by atomic mass is 10.1. The number of fused-ring (bicyclic) bond motifs is 2. The predicted octanol–water partition coefficient (Wildman–Crippen LogP) is 4.95. The molecular formula is C20H24N6S. The highest BCUT2D eigenvalue weighted by Crippen LogP contribution is 2.36. The fourth-order valence-electron chi connectivity index (χ4n) is 3.12. The highest BCUT2D eigenvalue weighted by Gasteiger charge is 2.24. The monoisotopic (exact) mass is 380 g/mol. The molecule has 0 unspecified atom stereocenters. The van der Waals surface area contributed by atoms with Crippen molar-refractivity contribution in [3.8, 4) is 11.3 Å². The molecule has 1 atom stereocenters. The molecule has 6 nitrogen and oxygen atoms in total. The van der Waals surface area contributed by atoms with E-state index in [-0.39, 0.29) is 5.54 Å². The topological polar surface area (TPSA) is 82.5 Å². The van der Waals surface area contributed by atoms with Crippen molar-refractivity contribution in [3.63, 3.8) is 0 Å². The molecule has 0 bridgehead atoms. The lowest BCUT2D eigenvalue weighted by Crippen LogP contribution is -2.23. The Kier molecular flexibility index (Phi) is 4.14. The van der Waals surface area contributed by atoms with Crippen LogP contribution in [0.4, 0.5) is 5.82 Å². The van der Waals surface area contributed by atoms with E-state index in [0.29, 0.717) is 11.7 Å². The van der Waals surface area contributed by atoms with Gasteiger partial charge in [-0.25, -0.2) is 19.6 Å². The van der Waals surface area contributed by atoms with Crippen molar-refractivity contribution in [2.45, 2.75) is 52.5 Å². The van der Waals surface area contributed by atoms with E-state index in [0.717, 1.165) is 34.2 Å². The summed E-state index contributed by atoms with van der Waals surface area (Å²) < 4.78 is 3.11. The van der Waals surface area contributed by atoms with Gasteiger partial charge in [0.15, 0.2) is 5.65 Å². The highest BCUT2D eigenvalue weighted by molar-refractivity contribution is 7.18. The van der Waals surface area contributed by atoms with Gasteiger partial charge in [-0.1, -0.05) is 19.9 Å². The van der Waals surface area contributed by atoms with Crippen LogP contribution in [0.15, 0.2) is 24.5 Å². The van der Waals surface area contributed by atoms with E-state index in [1.807, 2.05) is 4.68 Å². The van der Waals surface area contributed by atoms with Crippen LogP contribution in [0.3, 0.4) is 0 Å². The summed E-state index contributed by atoms with van der Waals surface area (Å²) in [5, 5.41) is 6.84. The maximum atomic E-state index is 6.21. The van der Waals surface area contributed by atoms with Crippen LogP contribution in [-0.2, 0) is 5.54 Å². The lowest BCUT2D eigenvalue weighted by Gasteiger charge is -2.19. The predicted molar refractivity (Wildman–Crippen MR) is 112 cm³/mol. The van der Waals surface area contributed by atoms with Crippen molar-refractivity contribution in [3.05, 3.63) is 29.5 Å². The van der Waals surface area contributed by atoms with Crippen LogP contribution >= 0.6 is 11.3 Å². The molecule has 0 saturated heterocycles. The number of aromatic nitrogens is 5. The van der Waals surface area contributed by atoms with Crippen molar-refractivity contribution in [2.24, 2.45) is 0 Å². The molecule has 0 aliphatic carbocycles. The van der Waals surface area contributed by atoms with Gasteiger partial charge in [0.25, 0.3) is 0 Å². The van der Waals surface area contributed by atoms with E-state index in [2.05, 4.69) is 62.8 Å². The molecule has 0 fully saturated rings. The number of benzene rings is 1. The maximum absolute atomic E-state index is 6.21. The number of thiazole rings is 1. The number of nitrogens with zero attached hydrogens (tertiary/aromatic N) is 5. The molecule has 0 aliphatic heterocycles. The zero-order valence-electron chi connectivity index (χ0n) is 16.3. The molecule has 3 aromatic heterocycles. The summed E-state index contributed by atoms with van der Waals surface area (Å²) in [6, 6.07) is 6.30. The molecule has 0 amide bonds.